The van der Waals surface area contributed by atoms with Crippen molar-refractivity contribution in [3.8, 4) is 0 Å². The van der Waals surface area contributed by atoms with Crippen LogP contribution in [-0.4, -0.2) is 34.1 Å². The molecule has 1 N–H and O–H groups in total. The number of carbonyl (C=O) groups is 1. The van der Waals surface area contributed by atoms with E-state index in [0.29, 0.717) is 23.7 Å². The zero-order chi connectivity index (χ0) is 15.6. The largest absolute Gasteiger partial charge is 0.375 e. The zero-order valence-electron chi connectivity index (χ0n) is 13.8. The molecular weight excluding hydrogens is 286 g/mol. The van der Waals surface area contributed by atoms with Crippen LogP contribution in [0.4, 0.5) is 0 Å². The quantitative estimate of drug-likeness (QED) is 0.698. The van der Waals surface area contributed by atoms with E-state index in [0.717, 1.165) is 25.8 Å². The molecule has 0 amide bonds. The number of rotatable bonds is 0. The monoisotopic (exact) mass is 311 g/mol. The van der Waals surface area contributed by atoms with Crippen LogP contribution in [0.25, 0.3) is 0 Å². The van der Waals surface area contributed by atoms with Crippen LogP contribution >= 0.6 is 0 Å². The number of nitrogens with zero attached hydrogens (tertiary/aromatic N) is 1. The second kappa shape index (κ2) is 2.99. The summed E-state index contributed by atoms with van der Waals surface area (Å²) in [6.07, 6.45) is 6.59. The summed E-state index contributed by atoms with van der Waals surface area (Å²) >= 11 is 0. The smallest absolute Gasteiger partial charge is 0.144 e. The maximum atomic E-state index is 13.4. The van der Waals surface area contributed by atoms with E-state index in [1.807, 2.05) is 0 Å². The van der Waals surface area contributed by atoms with Crippen molar-refractivity contribution in [2.45, 2.75) is 57.2 Å². The SMILES string of the molecule is C=C1CC23C[C@]4(O)C5C6(C)CCCC57C(C2CC1C(=O)C37)N4C6. The predicted molar refractivity (Wildman–Crippen MR) is 84.2 cm³/mol. The van der Waals surface area contributed by atoms with Crippen molar-refractivity contribution in [2.24, 2.45) is 39.9 Å². The van der Waals surface area contributed by atoms with E-state index in [2.05, 4.69) is 18.4 Å². The van der Waals surface area contributed by atoms with E-state index in [1.165, 1.54) is 24.8 Å². The molecule has 9 bridgehead atoms. The molecule has 2 spiro atoms. The van der Waals surface area contributed by atoms with E-state index in [4.69, 9.17) is 0 Å². The number of hydrogen-bond donors (Lipinski definition) is 1. The van der Waals surface area contributed by atoms with Crippen molar-refractivity contribution in [1.82, 2.24) is 4.90 Å². The van der Waals surface area contributed by atoms with Crippen molar-refractivity contribution >= 4 is 5.78 Å². The highest BCUT2D eigenvalue weighted by atomic mass is 16.3. The number of allylic oxidation sites excluding steroid dienone is 1. The lowest BCUT2D eigenvalue weighted by Crippen LogP contribution is -2.66. The molecule has 0 aromatic carbocycles. The van der Waals surface area contributed by atoms with Gasteiger partial charge in [0.05, 0.1) is 0 Å². The van der Waals surface area contributed by atoms with Crippen molar-refractivity contribution in [2.75, 3.05) is 6.54 Å². The molecule has 10 atom stereocenters. The number of fused-ring (bicyclic) bond motifs is 1. The van der Waals surface area contributed by atoms with Crippen LogP contribution in [-0.2, 0) is 4.79 Å². The highest BCUT2D eigenvalue weighted by Gasteiger charge is 2.92. The van der Waals surface area contributed by atoms with Crippen LogP contribution in [0.5, 0.6) is 0 Å². The Morgan fingerprint density at radius 1 is 1.35 bits per heavy atom. The average molecular weight is 311 g/mol. The molecule has 122 valence electrons. The van der Waals surface area contributed by atoms with Gasteiger partial charge in [-0.1, -0.05) is 25.5 Å². The first-order valence-corrected chi connectivity index (χ1v) is 9.59. The predicted octanol–water partition coefficient (Wildman–Crippen LogP) is 2.35. The Morgan fingerprint density at radius 3 is 3.00 bits per heavy atom. The Balaban J connectivity index is 1.58. The molecule has 3 aliphatic heterocycles. The molecule has 3 saturated heterocycles. The third-order valence-corrected chi connectivity index (χ3v) is 9.96. The van der Waals surface area contributed by atoms with Crippen LogP contribution < -0.4 is 0 Å². The van der Waals surface area contributed by atoms with Crippen molar-refractivity contribution in [3.05, 3.63) is 12.2 Å². The first-order chi connectivity index (χ1) is 10.9. The third kappa shape index (κ3) is 0.877. The van der Waals surface area contributed by atoms with Gasteiger partial charge in [-0.05, 0) is 48.9 Å². The van der Waals surface area contributed by atoms with Crippen LogP contribution in [0.3, 0.4) is 0 Å². The summed E-state index contributed by atoms with van der Waals surface area (Å²) in [4.78, 5) is 16.0. The molecule has 9 rings (SSSR count). The fourth-order valence-corrected chi connectivity index (χ4v) is 10.3. The van der Waals surface area contributed by atoms with Gasteiger partial charge in [-0.25, -0.2) is 0 Å². The van der Waals surface area contributed by atoms with Gasteiger partial charge in [-0.2, -0.15) is 0 Å². The summed E-state index contributed by atoms with van der Waals surface area (Å²) in [6.45, 7) is 7.75. The van der Waals surface area contributed by atoms with E-state index < -0.39 is 5.72 Å². The molecule has 23 heavy (non-hydrogen) atoms. The van der Waals surface area contributed by atoms with Gasteiger partial charge in [0.15, 0.2) is 0 Å². The van der Waals surface area contributed by atoms with E-state index >= 15 is 0 Å². The maximum absolute atomic E-state index is 13.4. The van der Waals surface area contributed by atoms with E-state index in [1.54, 1.807) is 0 Å². The minimum absolute atomic E-state index is 0.0674. The van der Waals surface area contributed by atoms with Crippen LogP contribution in [0.2, 0.25) is 0 Å². The van der Waals surface area contributed by atoms with Gasteiger partial charge in [0.2, 0.25) is 0 Å². The summed E-state index contributed by atoms with van der Waals surface area (Å²) < 4.78 is 0. The van der Waals surface area contributed by atoms with Gasteiger partial charge in [0.25, 0.3) is 0 Å². The average Bonchev–Trinajstić information content (AvgIpc) is 2.81. The zero-order valence-corrected chi connectivity index (χ0v) is 13.8. The summed E-state index contributed by atoms with van der Waals surface area (Å²) in [5.41, 5.74) is 0.981. The molecule has 9 fully saturated rings. The van der Waals surface area contributed by atoms with Crippen LogP contribution in [0.1, 0.15) is 45.4 Å². The number of Topliss-reactive ketones (excluding diaryl/α,β-unsaturated/α-hetero) is 1. The lowest BCUT2D eigenvalue weighted by Gasteiger charge is -2.63. The second-order valence-corrected chi connectivity index (χ2v) is 10.5. The fraction of sp³-hybridized carbons (Fsp3) is 0.850. The first-order valence-electron chi connectivity index (χ1n) is 9.59. The Labute approximate surface area is 137 Å². The highest BCUT2D eigenvalue weighted by Crippen LogP contribution is 2.88. The van der Waals surface area contributed by atoms with Gasteiger partial charge < -0.3 is 5.11 Å². The van der Waals surface area contributed by atoms with E-state index in [9.17, 15) is 9.90 Å². The van der Waals surface area contributed by atoms with Crippen molar-refractivity contribution < 1.29 is 9.90 Å². The Bertz CT molecular complexity index is 731. The van der Waals surface area contributed by atoms with Gasteiger partial charge in [0, 0.05) is 35.8 Å². The molecule has 0 aromatic rings. The van der Waals surface area contributed by atoms with Gasteiger partial charge in [-0.3, -0.25) is 9.69 Å². The van der Waals surface area contributed by atoms with Crippen molar-refractivity contribution in [1.29, 1.82) is 0 Å². The van der Waals surface area contributed by atoms with Gasteiger partial charge >= 0.3 is 0 Å². The van der Waals surface area contributed by atoms with Crippen molar-refractivity contribution in [3.63, 3.8) is 0 Å². The molecule has 6 aliphatic carbocycles. The normalized spacial score (nSPS) is 72.4. The molecular formula is C20H25NO2. The standard InChI is InChI=1S/C20H25NO2/c1-10-7-18-8-20(23)16-17(2)4-3-5-19(16)14(18)13(22)11(10)6-12(18)15(19)21(20)9-17/h11-12,14-16,23H,1,3-9H2,2H3/t11?,12?,14?,15?,16?,17?,18?,19?,20-/m0/s1. The maximum Gasteiger partial charge on any atom is 0.144 e. The fourth-order valence-electron chi connectivity index (χ4n) is 10.3. The third-order valence-electron chi connectivity index (χ3n) is 9.96. The summed E-state index contributed by atoms with van der Waals surface area (Å²) in [7, 11) is 0. The molecule has 6 saturated carbocycles. The van der Waals surface area contributed by atoms with Crippen LogP contribution in [0.15, 0.2) is 12.2 Å². The molecule has 9 unspecified atom stereocenters. The molecule has 0 radical (unpaired) electrons. The minimum atomic E-state index is -0.614. The topological polar surface area (TPSA) is 40.5 Å². The molecule has 3 heteroatoms. The van der Waals surface area contributed by atoms with Gasteiger partial charge in [0.1, 0.15) is 11.5 Å². The molecule has 0 aromatic heterocycles. The Kier molecular flexibility index (Phi) is 1.64. The molecule has 3 heterocycles. The lowest BCUT2D eigenvalue weighted by molar-refractivity contribution is -0.217. The highest BCUT2D eigenvalue weighted by molar-refractivity contribution is 5.92. The Hall–Kier alpha value is -0.670. The number of carbonyl (C=O) groups excluding carboxylic acids is 1. The van der Waals surface area contributed by atoms with Crippen LogP contribution in [0, 0.1) is 39.9 Å². The summed E-state index contributed by atoms with van der Waals surface area (Å²) in [5, 5.41) is 11.8. The van der Waals surface area contributed by atoms with E-state index in [-0.39, 0.29) is 28.1 Å². The Morgan fingerprint density at radius 2 is 2.17 bits per heavy atom. The number of aliphatic hydroxyl groups is 1. The number of piperidine rings is 2. The number of ketones is 1. The second-order valence-electron chi connectivity index (χ2n) is 10.5. The first kappa shape index (κ1) is 12.7. The summed E-state index contributed by atoms with van der Waals surface area (Å²) in [5.74, 6) is 1.91. The van der Waals surface area contributed by atoms with Gasteiger partial charge in [-0.15, -0.1) is 0 Å². The summed E-state index contributed by atoms with van der Waals surface area (Å²) in [6, 6.07) is 0.492. The number of hydrogen-bond acceptors (Lipinski definition) is 3. The minimum Gasteiger partial charge on any atom is -0.375 e. The molecule has 9 aliphatic rings. The molecule has 3 nitrogen and oxygen atoms in total. The lowest BCUT2D eigenvalue weighted by atomic mass is 9.40.